The van der Waals surface area contributed by atoms with E-state index in [-0.39, 0.29) is 6.10 Å². The van der Waals surface area contributed by atoms with Crippen molar-refractivity contribution in [2.24, 2.45) is 0 Å². The molecular weight excluding hydrogens is 318 g/mol. The summed E-state index contributed by atoms with van der Waals surface area (Å²) in [5.41, 5.74) is 6.69. The molecule has 0 amide bonds. The van der Waals surface area contributed by atoms with Crippen LogP contribution in [0.2, 0.25) is 5.02 Å². The van der Waals surface area contributed by atoms with Crippen LogP contribution in [-0.2, 0) is 0 Å². The summed E-state index contributed by atoms with van der Waals surface area (Å²) in [6, 6.07) is 7.58. The van der Waals surface area contributed by atoms with Crippen molar-refractivity contribution in [1.82, 2.24) is 9.97 Å². The molecule has 2 aromatic rings. The lowest BCUT2D eigenvalue weighted by molar-refractivity contribution is 0.149. The van der Waals surface area contributed by atoms with Crippen molar-refractivity contribution in [3.05, 3.63) is 35.6 Å². The number of rotatable bonds is 4. The fraction of sp³-hybridized carbons (Fsp3) is 0.375. The molecule has 0 atom stereocenters. The van der Waals surface area contributed by atoms with Gasteiger partial charge >= 0.3 is 0 Å². The first-order valence-electron chi connectivity index (χ1n) is 7.43. The summed E-state index contributed by atoms with van der Waals surface area (Å²) in [5.74, 6) is 0.498. The summed E-state index contributed by atoms with van der Waals surface area (Å²) < 4.78 is 5.97. The predicted octanol–water partition coefficient (Wildman–Crippen LogP) is 4.57. The van der Waals surface area contributed by atoms with E-state index >= 15 is 0 Å². The number of nitrogen functional groups attached to an aromatic ring is 1. The van der Waals surface area contributed by atoms with E-state index in [0.717, 1.165) is 17.7 Å². The number of nitrogens with zero attached hydrogens (tertiary/aromatic N) is 2. The molecule has 1 aliphatic rings. The second-order valence-corrected chi connectivity index (χ2v) is 6.83. The van der Waals surface area contributed by atoms with Crippen LogP contribution in [-0.4, -0.2) is 16.1 Å². The molecule has 0 aliphatic heterocycles. The van der Waals surface area contributed by atoms with Gasteiger partial charge in [0.15, 0.2) is 0 Å². The van der Waals surface area contributed by atoms with Crippen LogP contribution < -0.4 is 10.5 Å². The number of nitrogens with two attached hydrogens (primary N) is 1. The Bertz CT molecular complexity index is 630. The van der Waals surface area contributed by atoms with Gasteiger partial charge in [0.05, 0.1) is 0 Å². The van der Waals surface area contributed by atoms with E-state index in [2.05, 4.69) is 9.97 Å². The molecule has 4 nitrogen and oxygen atoms in total. The topological polar surface area (TPSA) is 61.0 Å². The molecule has 1 aromatic heterocycles. The standard InChI is InChI=1S/C16H18ClN3OS/c17-11-6-8-13(9-7-11)22-16-14(18)15(19-10-20-16)21-12-4-2-1-3-5-12/h6-10,12H,1-5,18H2. The zero-order valence-electron chi connectivity index (χ0n) is 12.2. The largest absolute Gasteiger partial charge is 0.473 e. The molecule has 0 radical (unpaired) electrons. The molecule has 6 heteroatoms. The molecule has 0 unspecified atom stereocenters. The van der Waals surface area contributed by atoms with E-state index in [9.17, 15) is 0 Å². The van der Waals surface area contributed by atoms with Gasteiger partial charge < -0.3 is 10.5 Å². The molecular formula is C16H18ClN3OS. The van der Waals surface area contributed by atoms with Gasteiger partial charge in [-0.3, -0.25) is 0 Å². The minimum Gasteiger partial charge on any atom is -0.473 e. The molecule has 1 aliphatic carbocycles. The minimum atomic E-state index is 0.222. The molecule has 2 N–H and O–H groups in total. The summed E-state index contributed by atoms with van der Waals surface area (Å²) in [5, 5.41) is 1.42. The lowest BCUT2D eigenvalue weighted by Crippen LogP contribution is -2.21. The van der Waals surface area contributed by atoms with Crippen molar-refractivity contribution in [2.45, 2.75) is 48.1 Å². The Kier molecular flexibility index (Phi) is 5.05. The highest BCUT2D eigenvalue weighted by atomic mass is 35.5. The number of ether oxygens (including phenoxy) is 1. The number of benzene rings is 1. The lowest BCUT2D eigenvalue weighted by Gasteiger charge is -2.23. The van der Waals surface area contributed by atoms with E-state index < -0.39 is 0 Å². The fourth-order valence-electron chi connectivity index (χ4n) is 2.49. The quantitative estimate of drug-likeness (QED) is 0.829. The highest BCUT2D eigenvalue weighted by molar-refractivity contribution is 7.99. The first-order valence-corrected chi connectivity index (χ1v) is 8.62. The Balaban J connectivity index is 1.74. The second-order valence-electron chi connectivity index (χ2n) is 5.33. The van der Waals surface area contributed by atoms with E-state index in [1.807, 2.05) is 24.3 Å². The summed E-state index contributed by atoms with van der Waals surface area (Å²) in [6.45, 7) is 0. The van der Waals surface area contributed by atoms with Gasteiger partial charge in [0.25, 0.3) is 0 Å². The van der Waals surface area contributed by atoms with Crippen molar-refractivity contribution < 1.29 is 4.74 Å². The Morgan fingerprint density at radius 2 is 1.82 bits per heavy atom. The van der Waals surface area contributed by atoms with Crippen molar-refractivity contribution >= 4 is 29.1 Å². The number of halogens is 1. The van der Waals surface area contributed by atoms with Gasteiger partial charge in [0.1, 0.15) is 23.1 Å². The molecule has 1 aromatic carbocycles. The van der Waals surface area contributed by atoms with Crippen LogP contribution >= 0.6 is 23.4 Å². The monoisotopic (exact) mass is 335 g/mol. The molecule has 0 saturated heterocycles. The maximum Gasteiger partial charge on any atom is 0.241 e. The minimum absolute atomic E-state index is 0.222. The lowest BCUT2D eigenvalue weighted by atomic mass is 9.98. The van der Waals surface area contributed by atoms with Gasteiger partial charge in [-0.15, -0.1) is 0 Å². The third-order valence-electron chi connectivity index (χ3n) is 3.67. The molecule has 0 spiro atoms. The summed E-state index contributed by atoms with van der Waals surface area (Å²) in [7, 11) is 0. The highest BCUT2D eigenvalue weighted by Gasteiger charge is 2.18. The van der Waals surface area contributed by atoms with Gasteiger partial charge in [-0.05, 0) is 49.9 Å². The molecule has 1 heterocycles. The number of hydrogen-bond donors (Lipinski definition) is 1. The first-order chi connectivity index (χ1) is 10.7. The van der Waals surface area contributed by atoms with E-state index in [1.54, 1.807) is 0 Å². The third kappa shape index (κ3) is 3.84. The Morgan fingerprint density at radius 1 is 1.09 bits per heavy atom. The Labute approximate surface area is 139 Å². The van der Waals surface area contributed by atoms with Crippen LogP contribution in [0.15, 0.2) is 40.5 Å². The van der Waals surface area contributed by atoms with Crippen LogP contribution in [0.25, 0.3) is 0 Å². The maximum absolute atomic E-state index is 6.18. The number of aromatic nitrogens is 2. The van der Waals surface area contributed by atoms with Gasteiger partial charge in [0.2, 0.25) is 5.88 Å². The smallest absolute Gasteiger partial charge is 0.241 e. The average molecular weight is 336 g/mol. The van der Waals surface area contributed by atoms with E-state index in [4.69, 9.17) is 22.1 Å². The van der Waals surface area contributed by atoms with Crippen LogP contribution in [0.3, 0.4) is 0 Å². The fourth-order valence-corrected chi connectivity index (χ4v) is 3.41. The number of hydrogen-bond acceptors (Lipinski definition) is 5. The average Bonchev–Trinajstić information content (AvgIpc) is 2.54. The van der Waals surface area contributed by atoms with Gasteiger partial charge in [0, 0.05) is 9.92 Å². The van der Waals surface area contributed by atoms with Crippen LogP contribution in [0.1, 0.15) is 32.1 Å². The summed E-state index contributed by atoms with van der Waals surface area (Å²) in [4.78, 5) is 9.49. The second kappa shape index (κ2) is 7.20. The molecule has 0 bridgehead atoms. The summed E-state index contributed by atoms with van der Waals surface area (Å²) in [6.07, 6.45) is 7.58. The molecule has 1 fully saturated rings. The van der Waals surface area contributed by atoms with E-state index in [0.29, 0.717) is 21.6 Å². The Hall–Kier alpha value is -1.46. The maximum atomic E-state index is 6.18. The molecule has 1 saturated carbocycles. The Morgan fingerprint density at radius 3 is 2.55 bits per heavy atom. The van der Waals surface area contributed by atoms with Crippen LogP contribution in [0, 0.1) is 0 Å². The molecule has 22 heavy (non-hydrogen) atoms. The third-order valence-corrected chi connectivity index (χ3v) is 4.95. The van der Waals surface area contributed by atoms with Crippen molar-refractivity contribution in [3.8, 4) is 5.88 Å². The normalized spacial score (nSPS) is 15.7. The van der Waals surface area contributed by atoms with Crippen LogP contribution in [0.4, 0.5) is 5.69 Å². The zero-order valence-corrected chi connectivity index (χ0v) is 13.7. The predicted molar refractivity (Wildman–Crippen MR) is 89.5 cm³/mol. The highest BCUT2D eigenvalue weighted by Crippen LogP contribution is 2.35. The van der Waals surface area contributed by atoms with Crippen molar-refractivity contribution in [1.29, 1.82) is 0 Å². The number of anilines is 1. The zero-order chi connectivity index (χ0) is 15.4. The van der Waals surface area contributed by atoms with Crippen molar-refractivity contribution in [3.63, 3.8) is 0 Å². The van der Waals surface area contributed by atoms with E-state index in [1.165, 1.54) is 37.4 Å². The van der Waals surface area contributed by atoms with Gasteiger partial charge in [-0.1, -0.05) is 29.8 Å². The SMILES string of the molecule is Nc1c(OC2CCCCC2)ncnc1Sc1ccc(Cl)cc1. The van der Waals surface area contributed by atoms with Gasteiger partial charge in [-0.25, -0.2) is 4.98 Å². The summed E-state index contributed by atoms with van der Waals surface area (Å²) >= 11 is 7.38. The molecule has 3 rings (SSSR count). The molecule has 116 valence electrons. The van der Waals surface area contributed by atoms with Crippen LogP contribution in [0.5, 0.6) is 5.88 Å². The first kappa shape index (κ1) is 15.4. The van der Waals surface area contributed by atoms with Gasteiger partial charge in [-0.2, -0.15) is 4.98 Å². The van der Waals surface area contributed by atoms with Crippen molar-refractivity contribution in [2.75, 3.05) is 5.73 Å².